The number of likely N-dealkylation sites (tertiary alicyclic amines) is 1. The molecule has 0 spiro atoms. The summed E-state index contributed by atoms with van der Waals surface area (Å²) in [5.74, 6) is -0.271. The van der Waals surface area contributed by atoms with Gasteiger partial charge in [-0.25, -0.2) is 0 Å². The molecular formula is C18H18ClN3O3. The molecule has 0 bridgehead atoms. The van der Waals surface area contributed by atoms with Gasteiger partial charge >= 0.3 is 0 Å². The number of benzene rings is 2. The zero-order valence-corrected chi connectivity index (χ0v) is 14.2. The maximum atomic E-state index is 12.3. The first-order chi connectivity index (χ1) is 12.0. The molecule has 1 saturated heterocycles. The second-order valence-electron chi connectivity index (χ2n) is 6.08. The maximum Gasteiger partial charge on any atom is 0.269 e. The van der Waals surface area contributed by atoms with Crippen LogP contribution in [0.25, 0.3) is 0 Å². The van der Waals surface area contributed by atoms with Crippen LogP contribution in [0.4, 0.5) is 5.69 Å². The van der Waals surface area contributed by atoms with Crippen LogP contribution in [-0.2, 0) is 6.54 Å². The van der Waals surface area contributed by atoms with E-state index in [1.165, 1.54) is 29.8 Å². The largest absolute Gasteiger partial charge is 0.346 e. The first-order valence-corrected chi connectivity index (χ1v) is 8.42. The molecule has 0 saturated carbocycles. The van der Waals surface area contributed by atoms with Crippen LogP contribution in [0.3, 0.4) is 0 Å². The maximum absolute atomic E-state index is 12.3. The van der Waals surface area contributed by atoms with E-state index in [4.69, 9.17) is 11.6 Å². The van der Waals surface area contributed by atoms with E-state index < -0.39 is 4.92 Å². The monoisotopic (exact) mass is 359 g/mol. The standard InChI is InChI=1S/C18H18ClN3O3/c19-16-11-21(10-13-4-2-1-3-5-13)12-17(16)20-18(23)14-6-8-15(9-7-14)22(24)25/h1-9,16-17H,10-12H2,(H,20,23)/t16-,17-/m1/s1. The smallest absolute Gasteiger partial charge is 0.269 e. The molecule has 130 valence electrons. The van der Waals surface area contributed by atoms with E-state index in [1.54, 1.807) is 0 Å². The van der Waals surface area contributed by atoms with Gasteiger partial charge in [-0.15, -0.1) is 11.6 Å². The molecule has 2 aromatic carbocycles. The average Bonchev–Trinajstić information content (AvgIpc) is 2.95. The second kappa shape index (κ2) is 7.63. The molecule has 25 heavy (non-hydrogen) atoms. The number of nitrogens with zero attached hydrogens (tertiary/aromatic N) is 2. The zero-order chi connectivity index (χ0) is 17.8. The molecule has 2 atom stereocenters. The van der Waals surface area contributed by atoms with Gasteiger partial charge in [0, 0.05) is 37.3 Å². The predicted octanol–water partition coefficient (Wildman–Crippen LogP) is 2.82. The number of nitro groups is 1. The van der Waals surface area contributed by atoms with Gasteiger partial charge in [0.2, 0.25) is 0 Å². The van der Waals surface area contributed by atoms with Crippen molar-refractivity contribution in [3.8, 4) is 0 Å². The van der Waals surface area contributed by atoms with E-state index in [0.29, 0.717) is 18.7 Å². The van der Waals surface area contributed by atoms with E-state index in [9.17, 15) is 14.9 Å². The number of nitro benzene ring substituents is 1. The highest BCUT2D eigenvalue weighted by Crippen LogP contribution is 2.19. The lowest BCUT2D eigenvalue weighted by molar-refractivity contribution is -0.384. The summed E-state index contributed by atoms with van der Waals surface area (Å²) >= 11 is 6.39. The van der Waals surface area contributed by atoms with Gasteiger partial charge in [0.05, 0.1) is 16.3 Å². The summed E-state index contributed by atoms with van der Waals surface area (Å²) in [5.41, 5.74) is 1.55. The van der Waals surface area contributed by atoms with Crippen LogP contribution < -0.4 is 5.32 Å². The van der Waals surface area contributed by atoms with E-state index >= 15 is 0 Å². The summed E-state index contributed by atoms with van der Waals surface area (Å²) < 4.78 is 0. The Bertz CT molecular complexity index is 752. The number of alkyl halides is 1. The Morgan fingerprint density at radius 1 is 1.16 bits per heavy atom. The van der Waals surface area contributed by atoms with E-state index in [1.807, 2.05) is 18.2 Å². The molecule has 1 heterocycles. The van der Waals surface area contributed by atoms with Crippen molar-refractivity contribution in [2.75, 3.05) is 13.1 Å². The molecular weight excluding hydrogens is 342 g/mol. The molecule has 6 nitrogen and oxygen atoms in total. The fourth-order valence-corrected chi connectivity index (χ4v) is 3.27. The summed E-state index contributed by atoms with van der Waals surface area (Å²) in [6, 6.07) is 15.5. The zero-order valence-electron chi connectivity index (χ0n) is 13.5. The predicted molar refractivity (Wildman–Crippen MR) is 95.7 cm³/mol. The molecule has 1 fully saturated rings. The Labute approximate surface area is 150 Å². The van der Waals surface area contributed by atoms with E-state index in [0.717, 1.165) is 6.54 Å². The number of amides is 1. The number of hydrogen-bond acceptors (Lipinski definition) is 4. The van der Waals surface area contributed by atoms with Gasteiger partial charge in [0.15, 0.2) is 0 Å². The number of carbonyl (C=O) groups excluding carboxylic acids is 1. The Kier molecular flexibility index (Phi) is 5.31. The number of hydrogen-bond donors (Lipinski definition) is 1. The van der Waals surface area contributed by atoms with Crippen LogP contribution in [0.1, 0.15) is 15.9 Å². The molecule has 1 amide bonds. The molecule has 1 N–H and O–H groups in total. The van der Waals surface area contributed by atoms with E-state index in [-0.39, 0.29) is 23.0 Å². The SMILES string of the molecule is O=C(N[C@@H]1CN(Cc2ccccc2)C[C@H]1Cl)c1ccc([N+](=O)[O-])cc1. The van der Waals surface area contributed by atoms with Crippen molar-refractivity contribution in [1.29, 1.82) is 0 Å². The quantitative estimate of drug-likeness (QED) is 0.506. The average molecular weight is 360 g/mol. The lowest BCUT2D eigenvalue weighted by Crippen LogP contribution is -2.41. The van der Waals surface area contributed by atoms with Crippen molar-refractivity contribution in [3.05, 3.63) is 75.8 Å². The minimum absolute atomic E-state index is 0.0401. The molecule has 3 rings (SSSR count). The van der Waals surface area contributed by atoms with Crippen LogP contribution >= 0.6 is 11.6 Å². The Morgan fingerprint density at radius 3 is 2.48 bits per heavy atom. The van der Waals surface area contributed by atoms with Crippen LogP contribution in [0.5, 0.6) is 0 Å². The summed E-state index contributed by atoms with van der Waals surface area (Å²) in [4.78, 5) is 24.7. The van der Waals surface area contributed by atoms with Crippen LogP contribution in [0.15, 0.2) is 54.6 Å². The fourth-order valence-electron chi connectivity index (χ4n) is 2.93. The lowest BCUT2D eigenvalue weighted by Gasteiger charge is -2.17. The molecule has 2 aromatic rings. The van der Waals surface area contributed by atoms with Crippen molar-refractivity contribution in [2.45, 2.75) is 18.0 Å². The van der Waals surface area contributed by atoms with E-state index in [2.05, 4.69) is 22.3 Å². The minimum atomic E-state index is -0.491. The van der Waals surface area contributed by atoms with Gasteiger partial charge in [-0.3, -0.25) is 19.8 Å². The minimum Gasteiger partial charge on any atom is -0.346 e. The Morgan fingerprint density at radius 2 is 1.84 bits per heavy atom. The third-order valence-corrected chi connectivity index (χ3v) is 4.67. The third kappa shape index (κ3) is 4.35. The van der Waals surface area contributed by atoms with Gasteiger partial charge < -0.3 is 5.32 Å². The molecule has 0 aliphatic carbocycles. The van der Waals surface area contributed by atoms with Crippen molar-refractivity contribution >= 4 is 23.2 Å². The van der Waals surface area contributed by atoms with Crippen molar-refractivity contribution < 1.29 is 9.72 Å². The summed E-state index contributed by atoms with van der Waals surface area (Å²) in [6.07, 6.45) is 0. The van der Waals surface area contributed by atoms with Crippen molar-refractivity contribution in [3.63, 3.8) is 0 Å². The molecule has 1 aliphatic heterocycles. The summed E-state index contributed by atoms with van der Waals surface area (Å²) in [5, 5.41) is 13.4. The van der Waals surface area contributed by atoms with Gasteiger partial charge in [-0.1, -0.05) is 30.3 Å². The highest BCUT2D eigenvalue weighted by Gasteiger charge is 2.32. The second-order valence-corrected chi connectivity index (χ2v) is 6.64. The Balaban J connectivity index is 1.58. The van der Waals surface area contributed by atoms with Crippen LogP contribution in [0.2, 0.25) is 0 Å². The number of non-ortho nitro benzene ring substituents is 1. The van der Waals surface area contributed by atoms with Crippen molar-refractivity contribution in [1.82, 2.24) is 10.2 Å². The summed E-state index contributed by atoms with van der Waals surface area (Å²) in [6.45, 7) is 2.15. The fraction of sp³-hybridized carbons (Fsp3) is 0.278. The molecule has 7 heteroatoms. The lowest BCUT2D eigenvalue weighted by atomic mass is 10.1. The number of halogens is 1. The molecule has 0 radical (unpaired) electrons. The highest BCUT2D eigenvalue weighted by atomic mass is 35.5. The van der Waals surface area contributed by atoms with Gasteiger partial charge in [0.1, 0.15) is 0 Å². The van der Waals surface area contributed by atoms with Crippen LogP contribution in [-0.4, -0.2) is 40.2 Å². The number of nitrogens with one attached hydrogen (secondary N) is 1. The van der Waals surface area contributed by atoms with Crippen molar-refractivity contribution in [2.24, 2.45) is 0 Å². The third-order valence-electron chi connectivity index (χ3n) is 4.23. The van der Waals surface area contributed by atoms with Gasteiger partial charge in [0.25, 0.3) is 11.6 Å². The van der Waals surface area contributed by atoms with Gasteiger partial charge in [-0.05, 0) is 17.7 Å². The number of carbonyl (C=O) groups is 1. The van der Waals surface area contributed by atoms with Gasteiger partial charge in [-0.2, -0.15) is 0 Å². The molecule has 0 unspecified atom stereocenters. The first kappa shape index (κ1) is 17.4. The van der Waals surface area contributed by atoms with Crippen LogP contribution in [0, 0.1) is 10.1 Å². The topological polar surface area (TPSA) is 75.5 Å². The highest BCUT2D eigenvalue weighted by molar-refractivity contribution is 6.21. The molecule has 0 aromatic heterocycles. The Hall–Kier alpha value is -2.44. The normalized spacial score (nSPS) is 20.4. The first-order valence-electron chi connectivity index (χ1n) is 7.98. The molecule has 1 aliphatic rings. The number of rotatable bonds is 5. The summed E-state index contributed by atoms with van der Waals surface area (Å²) in [7, 11) is 0.